The zero-order valence-electron chi connectivity index (χ0n) is 17.6. The highest BCUT2D eigenvalue weighted by atomic mass is 16.6. The SMILES string of the molecule is CCCC(=O)C1CC23C=CC1(OC)C1Oc4c(OC)ccc5c4C12CCCC3C5. The molecule has 2 fully saturated rings. The van der Waals surface area contributed by atoms with Gasteiger partial charge in [-0.05, 0) is 49.7 Å². The Morgan fingerprint density at radius 2 is 2.14 bits per heavy atom. The van der Waals surface area contributed by atoms with E-state index in [2.05, 4.69) is 31.2 Å². The van der Waals surface area contributed by atoms with Crippen molar-refractivity contribution in [2.24, 2.45) is 17.3 Å². The number of ketones is 1. The van der Waals surface area contributed by atoms with Gasteiger partial charge in [-0.25, -0.2) is 0 Å². The molecule has 1 aliphatic heterocycles. The molecule has 0 radical (unpaired) electrons. The normalized spacial score (nSPS) is 42.4. The number of ether oxygens (including phenoxy) is 3. The number of Topliss-reactive ketones (excluding diaryl/α,β-unsaturated/α-hetero) is 1. The van der Waals surface area contributed by atoms with Crippen LogP contribution in [0.3, 0.4) is 0 Å². The van der Waals surface area contributed by atoms with Crippen LogP contribution >= 0.6 is 0 Å². The molecule has 0 amide bonds. The fraction of sp³-hybridized carbons (Fsp3) is 0.640. The first-order valence-corrected chi connectivity index (χ1v) is 11.2. The topological polar surface area (TPSA) is 44.8 Å². The first-order valence-electron chi connectivity index (χ1n) is 11.2. The summed E-state index contributed by atoms with van der Waals surface area (Å²) in [5.41, 5.74) is 2.00. The van der Waals surface area contributed by atoms with E-state index in [-0.39, 0.29) is 22.9 Å². The Labute approximate surface area is 172 Å². The van der Waals surface area contributed by atoms with Crippen molar-refractivity contribution < 1.29 is 19.0 Å². The minimum atomic E-state index is -0.686. The molecule has 2 spiro atoms. The second kappa shape index (κ2) is 5.66. The first-order chi connectivity index (χ1) is 14.1. The van der Waals surface area contributed by atoms with E-state index in [4.69, 9.17) is 14.2 Å². The number of carbonyl (C=O) groups excluding carboxylic acids is 1. The second-order valence-electron chi connectivity index (χ2n) is 9.80. The first kappa shape index (κ1) is 18.0. The third-order valence-electron chi connectivity index (χ3n) is 9.08. The molecule has 2 saturated carbocycles. The molecule has 0 aromatic heterocycles. The van der Waals surface area contributed by atoms with Crippen LogP contribution < -0.4 is 9.47 Å². The molecular formula is C25H30O4. The summed E-state index contributed by atoms with van der Waals surface area (Å²) in [4.78, 5) is 13.3. The van der Waals surface area contributed by atoms with E-state index in [1.54, 1.807) is 14.2 Å². The van der Waals surface area contributed by atoms with Crippen LogP contribution in [0.15, 0.2) is 24.3 Å². The highest BCUT2D eigenvalue weighted by molar-refractivity contribution is 5.84. The number of rotatable bonds is 5. The standard InChI is InChI=1S/C25H30O4/c1-4-6-18(26)17-14-23-11-12-25(17,28-3)22-24(23)10-5-7-16(23)13-15-8-9-19(27-2)21(29-22)20(15)24/h8-9,11-12,16-17,22H,4-7,10,13-14H2,1-3H3. The summed E-state index contributed by atoms with van der Waals surface area (Å²) >= 11 is 0. The third-order valence-corrected chi connectivity index (χ3v) is 9.08. The van der Waals surface area contributed by atoms with E-state index < -0.39 is 5.60 Å². The van der Waals surface area contributed by atoms with E-state index in [1.807, 2.05) is 0 Å². The van der Waals surface area contributed by atoms with Gasteiger partial charge in [0.15, 0.2) is 11.5 Å². The maximum atomic E-state index is 13.3. The Hall–Kier alpha value is -1.81. The highest BCUT2D eigenvalue weighted by Gasteiger charge is 2.78. The maximum absolute atomic E-state index is 13.3. The van der Waals surface area contributed by atoms with Crippen molar-refractivity contribution in [3.63, 3.8) is 0 Å². The van der Waals surface area contributed by atoms with Crippen molar-refractivity contribution in [1.29, 1.82) is 0 Å². The Bertz CT molecular complexity index is 935. The molecule has 4 nitrogen and oxygen atoms in total. The lowest BCUT2D eigenvalue weighted by atomic mass is 9.34. The second-order valence-corrected chi connectivity index (χ2v) is 9.80. The lowest BCUT2D eigenvalue weighted by molar-refractivity contribution is -0.208. The molecule has 0 N–H and O–H groups in total. The molecule has 5 aliphatic carbocycles. The average molecular weight is 395 g/mol. The molecule has 4 bridgehead atoms. The summed E-state index contributed by atoms with van der Waals surface area (Å²) in [5.74, 6) is 2.50. The van der Waals surface area contributed by atoms with Crippen LogP contribution in [0.25, 0.3) is 0 Å². The van der Waals surface area contributed by atoms with Crippen molar-refractivity contribution in [3.05, 3.63) is 35.4 Å². The van der Waals surface area contributed by atoms with Gasteiger partial charge in [-0.15, -0.1) is 0 Å². The number of benzene rings is 1. The molecule has 6 aliphatic rings. The predicted octanol–water partition coefficient (Wildman–Crippen LogP) is 4.38. The van der Waals surface area contributed by atoms with Gasteiger partial charge in [0.1, 0.15) is 17.5 Å². The average Bonchev–Trinajstić information content (AvgIpc) is 3.10. The predicted molar refractivity (Wildman–Crippen MR) is 109 cm³/mol. The third kappa shape index (κ3) is 1.76. The number of hydrogen-bond acceptors (Lipinski definition) is 4. The summed E-state index contributed by atoms with van der Waals surface area (Å²) in [5, 5.41) is 0. The van der Waals surface area contributed by atoms with Gasteiger partial charge in [0, 0.05) is 29.9 Å². The molecule has 154 valence electrons. The van der Waals surface area contributed by atoms with Crippen molar-refractivity contribution in [3.8, 4) is 11.5 Å². The van der Waals surface area contributed by atoms with Gasteiger partial charge in [0.05, 0.1) is 13.0 Å². The highest BCUT2D eigenvalue weighted by Crippen LogP contribution is 2.76. The van der Waals surface area contributed by atoms with Crippen LogP contribution in [-0.2, 0) is 21.4 Å². The lowest BCUT2D eigenvalue weighted by Crippen LogP contribution is -2.75. The summed E-state index contributed by atoms with van der Waals surface area (Å²) in [6, 6.07) is 4.31. The van der Waals surface area contributed by atoms with Crippen LogP contribution in [0.5, 0.6) is 11.5 Å². The van der Waals surface area contributed by atoms with E-state index >= 15 is 0 Å². The Kier molecular flexibility index (Phi) is 3.51. The number of allylic oxidation sites excluding steroid dienone is 1. The molecule has 1 aromatic rings. The van der Waals surface area contributed by atoms with Gasteiger partial charge < -0.3 is 14.2 Å². The minimum absolute atomic E-state index is 0.00508. The van der Waals surface area contributed by atoms with Crippen LogP contribution in [0, 0.1) is 17.3 Å². The van der Waals surface area contributed by atoms with Crippen molar-refractivity contribution in [2.45, 2.75) is 69.0 Å². The lowest BCUT2D eigenvalue weighted by Gasteiger charge is -2.69. The molecule has 4 heteroatoms. The zero-order valence-corrected chi connectivity index (χ0v) is 17.6. The molecular weight excluding hydrogens is 364 g/mol. The molecule has 6 atom stereocenters. The number of fused-ring (bicyclic) bond motifs is 1. The molecule has 7 rings (SSSR count). The van der Waals surface area contributed by atoms with Crippen LogP contribution in [0.1, 0.15) is 56.6 Å². The van der Waals surface area contributed by atoms with Crippen LogP contribution in [0.4, 0.5) is 0 Å². The fourth-order valence-electron chi connectivity index (χ4n) is 8.10. The minimum Gasteiger partial charge on any atom is -0.493 e. The Balaban J connectivity index is 1.64. The number of methoxy groups -OCH3 is 2. The molecule has 6 unspecified atom stereocenters. The van der Waals surface area contributed by atoms with Crippen molar-refractivity contribution in [2.75, 3.05) is 14.2 Å². The maximum Gasteiger partial charge on any atom is 0.166 e. The summed E-state index contributed by atoms with van der Waals surface area (Å²) in [6.07, 6.45) is 11.5. The molecule has 0 saturated heterocycles. The van der Waals surface area contributed by atoms with E-state index in [0.29, 0.717) is 18.1 Å². The van der Waals surface area contributed by atoms with Crippen molar-refractivity contribution >= 4 is 5.78 Å². The molecule has 1 aromatic carbocycles. The molecule has 1 heterocycles. The van der Waals surface area contributed by atoms with Crippen LogP contribution in [0.2, 0.25) is 0 Å². The van der Waals surface area contributed by atoms with Gasteiger partial charge in [-0.1, -0.05) is 31.6 Å². The Morgan fingerprint density at radius 3 is 2.90 bits per heavy atom. The quantitative estimate of drug-likeness (QED) is 0.695. The summed E-state index contributed by atoms with van der Waals surface area (Å²) in [7, 11) is 3.48. The zero-order chi connectivity index (χ0) is 20.0. The van der Waals surface area contributed by atoms with E-state index in [9.17, 15) is 4.79 Å². The summed E-state index contributed by atoms with van der Waals surface area (Å²) < 4.78 is 18.8. The van der Waals surface area contributed by atoms with Gasteiger partial charge >= 0.3 is 0 Å². The van der Waals surface area contributed by atoms with E-state index in [1.165, 1.54) is 24.0 Å². The van der Waals surface area contributed by atoms with Crippen LogP contribution in [-0.4, -0.2) is 31.7 Å². The van der Waals surface area contributed by atoms with Gasteiger partial charge in [0.25, 0.3) is 0 Å². The van der Waals surface area contributed by atoms with Gasteiger partial charge in [-0.3, -0.25) is 4.79 Å². The number of carbonyl (C=O) groups is 1. The molecule has 29 heavy (non-hydrogen) atoms. The largest absolute Gasteiger partial charge is 0.493 e. The van der Waals surface area contributed by atoms with Gasteiger partial charge in [0.2, 0.25) is 0 Å². The monoisotopic (exact) mass is 394 g/mol. The van der Waals surface area contributed by atoms with Gasteiger partial charge in [-0.2, -0.15) is 0 Å². The summed E-state index contributed by atoms with van der Waals surface area (Å²) in [6.45, 7) is 2.09. The van der Waals surface area contributed by atoms with Crippen molar-refractivity contribution in [1.82, 2.24) is 0 Å². The van der Waals surface area contributed by atoms with E-state index in [0.717, 1.165) is 37.2 Å². The Morgan fingerprint density at radius 1 is 1.28 bits per heavy atom. The fourth-order valence-corrected chi connectivity index (χ4v) is 8.10. The smallest absolute Gasteiger partial charge is 0.166 e. The number of hydrogen-bond donors (Lipinski definition) is 0.